The fourth-order valence-corrected chi connectivity index (χ4v) is 3.21. The molecule has 0 spiro atoms. The van der Waals surface area contributed by atoms with Gasteiger partial charge in [-0.15, -0.1) is 0 Å². The molecule has 2 rings (SSSR count). The Bertz CT molecular complexity index is 673. The minimum atomic E-state index is -0.339. The van der Waals surface area contributed by atoms with E-state index in [4.69, 9.17) is 4.74 Å². The minimum Gasteiger partial charge on any atom is -0.491 e. The summed E-state index contributed by atoms with van der Waals surface area (Å²) >= 11 is 0. The van der Waals surface area contributed by atoms with Crippen LogP contribution in [-0.2, 0) is 6.42 Å². The molecule has 0 aliphatic heterocycles. The zero-order valence-electron chi connectivity index (χ0n) is 17.6. The van der Waals surface area contributed by atoms with Crippen LogP contribution in [0.5, 0.6) is 5.75 Å². The number of aryl methyl sites for hydroxylation is 1. The number of aromatic nitrogens is 2. The Morgan fingerprint density at radius 2 is 1.54 bits per heavy atom. The summed E-state index contributed by atoms with van der Waals surface area (Å²) in [6.45, 7) is 4.98. The van der Waals surface area contributed by atoms with Crippen LogP contribution < -0.4 is 4.74 Å². The van der Waals surface area contributed by atoms with Gasteiger partial charge in [0.05, 0.1) is 24.2 Å². The Morgan fingerprint density at radius 1 is 0.821 bits per heavy atom. The average molecular weight is 387 g/mol. The predicted octanol–water partition coefficient (Wildman–Crippen LogP) is 7.14. The molecule has 1 heterocycles. The van der Waals surface area contributed by atoms with Gasteiger partial charge in [0, 0.05) is 11.8 Å². The van der Waals surface area contributed by atoms with Crippen LogP contribution >= 0.6 is 0 Å². The standard InChI is InChI=1S/C24H35FN2O/c1-3-5-7-8-9-10-12-16-28-24-15-14-20(17-22(24)25)23-19-26-21(18-27-23)13-11-6-4-2/h14-15,17-19H,3-13,16H2,1-2H3. The van der Waals surface area contributed by atoms with Crippen LogP contribution in [-0.4, -0.2) is 16.6 Å². The molecule has 0 aliphatic rings. The second-order valence-electron chi connectivity index (χ2n) is 7.47. The molecule has 0 saturated carbocycles. The van der Waals surface area contributed by atoms with Gasteiger partial charge in [-0.25, -0.2) is 4.39 Å². The Hall–Kier alpha value is -1.97. The van der Waals surface area contributed by atoms with E-state index in [-0.39, 0.29) is 5.82 Å². The monoisotopic (exact) mass is 386 g/mol. The first-order valence-corrected chi connectivity index (χ1v) is 11.0. The van der Waals surface area contributed by atoms with Crippen molar-refractivity contribution in [3.63, 3.8) is 0 Å². The van der Waals surface area contributed by atoms with Crippen LogP contribution in [0.2, 0.25) is 0 Å². The summed E-state index contributed by atoms with van der Waals surface area (Å²) in [4.78, 5) is 8.90. The normalized spacial score (nSPS) is 11.0. The highest BCUT2D eigenvalue weighted by atomic mass is 19.1. The maximum Gasteiger partial charge on any atom is 0.165 e. The number of nitrogens with zero attached hydrogens (tertiary/aromatic N) is 2. The van der Waals surface area contributed by atoms with Crippen LogP contribution in [0.3, 0.4) is 0 Å². The van der Waals surface area contributed by atoms with E-state index < -0.39 is 0 Å². The number of rotatable bonds is 14. The Labute approximate surface area is 169 Å². The first-order valence-electron chi connectivity index (χ1n) is 11.0. The Balaban J connectivity index is 1.78. The molecule has 1 aromatic heterocycles. The molecule has 28 heavy (non-hydrogen) atoms. The fraction of sp³-hybridized carbons (Fsp3) is 0.583. The minimum absolute atomic E-state index is 0.318. The number of hydrogen-bond donors (Lipinski definition) is 0. The molecule has 3 nitrogen and oxygen atoms in total. The molecule has 0 N–H and O–H groups in total. The van der Waals surface area contributed by atoms with Crippen molar-refractivity contribution in [1.82, 2.24) is 9.97 Å². The smallest absolute Gasteiger partial charge is 0.165 e. The van der Waals surface area contributed by atoms with Gasteiger partial charge in [-0.2, -0.15) is 0 Å². The zero-order chi connectivity index (χ0) is 20.0. The van der Waals surface area contributed by atoms with Crippen molar-refractivity contribution in [3.05, 3.63) is 42.1 Å². The average Bonchev–Trinajstić information content (AvgIpc) is 2.72. The first-order chi connectivity index (χ1) is 13.7. The molecule has 0 amide bonds. The van der Waals surface area contributed by atoms with Gasteiger partial charge in [-0.05, 0) is 37.5 Å². The predicted molar refractivity (Wildman–Crippen MR) is 114 cm³/mol. The molecular weight excluding hydrogens is 351 g/mol. The molecule has 0 radical (unpaired) electrons. The Morgan fingerprint density at radius 3 is 2.21 bits per heavy atom. The van der Waals surface area contributed by atoms with Gasteiger partial charge in [-0.3, -0.25) is 9.97 Å². The number of ether oxygens (including phenoxy) is 1. The number of benzene rings is 1. The van der Waals surface area contributed by atoms with Crippen molar-refractivity contribution in [2.75, 3.05) is 6.61 Å². The molecule has 0 unspecified atom stereocenters. The largest absolute Gasteiger partial charge is 0.491 e. The summed E-state index contributed by atoms with van der Waals surface area (Å²) in [5.74, 6) is -0.0202. The highest BCUT2D eigenvalue weighted by Gasteiger charge is 2.08. The van der Waals surface area contributed by atoms with E-state index in [0.717, 1.165) is 36.9 Å². The van der Waals surface area contributed by atoms with Crippen molar-refractivity contribution in [2.24, 2.45) is 0 Å². The van der Waals surface area contributed by atoms with Gasteiger partial charge in [0.15, 0.2) is 11.6 Å². The summed E-state index contributed by atoms with van der Waals surface area (Å²) in [6, 6.07) is 5.04. The highest BCUT2D eigenvalue weighted by molar-refractivity contribution is 5.59. The van der Waals surface area contributed by atoms with E-state index >= 15 is 0 Å². The van der Waals surface area contributed by atoms with Gasteiger partial charge in [0.1, 0.15) is 0 Å². The molecule has 0 bridgehead atoms. The third-order valence-corrected chi connectivity index (χ3v) is 4.97. The molecule has 1 aromatic carbocycles. The van der Waals surface area contributed by atoms with Crippen molar-refractivity contribution in [2.45, 2.75) is 84.5 Å². The highest BCUT2D eigenvalue weighted by Crippen LogP contribution is 2.24. The summed E-state index contributed by atoms with van der Waals surface area (Å²) in [5.41, 5.74) is 2.41. The van der Waals surface area contributed by atoms with Crippen molar-refractivity contribution < 1.29 is 9.13 Å². The van der Waals surface area contributed by atoms with Crippen LogP contribution in [0.1, 0.15) is 83.7 Å². The molecule has 0 saturated heterocycles. The van der Waals surface area contributed by atoms with Gasteiger partial charge in [0.2, 0.25) is 0 Å². The lowest BCUT2D eigenvalue weighted by Crippen LogP contribution is -2.00. The third-order valence-electron chi connectivity index (χ3n) is 4.97. The molecule has 0 atom stereocenters. The maximum atomic E-state index is 14.4. The van der Waals surface area contributed by atoms with E-state index in [0.29, 0.717) is 18.1 Å². The summed E-state index contributed by atoms with van der Waals surface area (Å²) in [6.07, 6.45) is 16.5. The van der Waals surface area contributed by atoms with E-state index in [9.17, 15) is 4.39 Å². The first kappa shape index (κ1) is 22.3. The molecule has 0 aliphatic carbocycles. The van der Waals surface area contributed by atoms with Crippen LogP contribution in [0.4, 0.5) is 4.39 Å². The molecule has 4 heteroatoms. The zero-order valence-corrected chi connectivity index (χ0v) is 17.6. The van der Waals surface area contributed by atoms with Gasteiger partial charge >= 0.3 is 0 Å². The second-order valence-corrected chi connectivity index (χ2v) is 7.47. The van der Waals surface area contributed by atoms with Gasteiger partial charge in [0.25, 0.3) is 0 Å². The van der Waals surface area contributed by atoms with E-state index in [1.807, 2.05) is 6.07 Å². The number of unbranched alkanes of at least 4 members (excludes halogenated alkanes) is 8. The van der Waals surface area contributed by atoms with Crippen molar-refractivity contribution in [3.8, 4) is 17.0 Å². The maximum absolute atomic E-state index is 14.4. The van der Waals surface area contributed by atoms with E-state index in [1.54, 1.807) is 18.5 Å². The topological polar surface area (TPSA) is 35.0 Å². The van der Waals surface area contributed by atoms with Gasteiger partial charge < -0.3 is 4.74 Å². The lowest BCUT2D eigenvalue weighted by atomic mass is 10.1. The van der Waals surface area contributed by atoms with Crippen molar-refractivity contribution >= 4 is 0 Å². The second kappa shape index (κ2) is 13.2. The van der Waals surface area contributed by atoms with E-state index in [1.165, 1.54) is 51.0 Å². The van der Waals surface area contributed by atoms with E-state index in [2.05, 4.69) is 23.8 Å². The lowest BCUT2D eigenvalue weighted by Gasteiger charge is -2.09. The van der Waals surface area contributed by atoms with Gasteiger partial charge in [-0.1, -0.05) is 65.2 Å². The van der Waals surface area contributed by atoms with Crippen LogP contribution in [0.15, 0.2) is 30.6 Å². The summed E-state index contributed by atoms with van der Waals surface area (Å²) in [7, 11) is 0. The quantitative estimate of drug-likeness (QED) is 0.323. The third kappa shape index (κ3) is 7.95. The molecule has 2 aromatic rings. The lowest BCUT2D eigenvalue weighted by molar-refractivity contribution is 0.290. The molecule has 154 valence electrons. The number of hydrogen-bond acceptors (Lipinski definition) is 3. The number of halogens is 1. The SMILES string of the molecule is CCCCCCCCCOc1ccc(-c2cnc(CCCCC)cn2)cc1F. The Kier molecular flexibility index (Phi) is 10.6. The fourth-order valence-electron chi connectivity index (χ4n) is 3.21. The van der Waals surface area contributed by atoms with Crippen molar-refractivity contribution in [1.29, 1.82) is 0 Å². The van der Waals surface area contributed by atoms with Crippen LogP contribution in [0, 0.1) is 5.82 Å². The summed E-state index contributed by atoms with van der Waals surface area (Å²) in [5, 5.41) is 0. The summed E-state index contributed by atoms with van der Waals surface area (Å²) < 4.78 is 20.0. The molecular formula is C24H35FN2O. The molecule has 0 fully saturated rings. The van der Waals surface area contributed by atoms with Crippen LogP contribution in [0.25, 0.3) is 11.3 Å².